The summed E-state index contributed by atoms with van der Waals surface area (Å²) < 4.78 is 0. The predicted octanol–water partition coefficient (Wildman–Crippen LogP) is 2.20. The second kappa shape index (κ2) is 8.60. The molecule has 1 heterocycles. The van der Waals surface area contributed by atoms with Gasteiger partial charge in [-0.15, -0.1) is 10.2 Å². The highest BCUT2D eigenvalue weighted by Crippen LogP contribution is 2.25. The molecular weight excluding hydrogens is 384 g/mol. The third-order valence-corrected chi connectivity index (χ3v) is 4.26. The van der Waals surface area contributed by atoms with E-state index in [1.54, 1.807) is 6.07 Å². The molecule has 0 atom stereocenters. The van der Waals surface area contributed by atoms with E-state index in [1.807, 2.05) is 35.8 Å². The molecule has 2 aromatic carbocycles. The molecule has 0 fully saturated rings. The summed E-state index contributed by atoms with van der Waals surface area (Å²) in [4.78, 5) is 34.1. The van der Waals surface area contributed by atoms with Crippen molar-refractivity contribution < 1.29 is 14.5 Å². The van der Waals surface area contributed by atoms with Crippen LogP contribution in [0.3, 0.4) is 0 Å². The molecular formula is C17H12N6O4S. The first kappa shape index (κ1) is 18.8. The second-order valence-electron chi connectivity index (χ2n) is 5.25. The molecule has 0 saturated heterocycles. The van der Waals surface area contributed by atoms with Crippen molar-refractivity contribution in [2.45, 2.75) is 0 Å². The number of nitro benzene ring substituents is 1. The third kappa shape index (κ3) is 4.59. The zero-order valence-corrected chi connectivity index (χ0v) is 14.9. The van der Waals surface area contributed by atoms with Gasteiger partial charge in [-0.2, -0.15) is 5.10 Å². The van der Waals surface area contributed by atoms with Crippen LogP contribution >= 0.6 is 11.3 Å². The number of hydrazone groups is 1. The van der Waals surface area contributed by atoms with Gasteiger partial charge < -0.3 is 0 Å². The van der Waals surface area contributed by atoms with Crippen molar-refractivity contribution in [2.75, 3.05) is 5.32 Å². The Morgan fingerprint density at radius 3 is 2.50 bits per heavy atom. The SMILES string of the molecule is O=C(N/N=C\c1ccccc1[N+](=O)[O-])C(=O)Nc1nnc(-c2ccccc2)s1. The Kier molecular flexibility index (Phi) is 5.77. The molecule has 3 aromatic rings. The Hall–Kier alpha value is -3.99. The number of benzene rings is 2. The van der Waals surface area contributed by atoms with E-state index < -0.39 is 16.7 Å². The molecule has 11 heteroatoms. The Labute approximate surface area is 162 Å². The highest BCUT2D eigenvalue weighted by Gasteiger charge is 2.16. The standard InChI is InChI=1S/C17H12N6O4S/c24-14(19-17-22-21-16(28-17)11-6-2-1-3-7-11)15(25)20-18-10-12-8-4-5-9-13(12)23(26)27/h1-10H,(H,20,25)(H,19,22,24)/b18-10-. The first-order valence-electron chi connectivity index (χ1n) is 7.81. The molecule has 0 bridgehead atoms. The van der Waals surface area contributed by atoms with Crippen LogP contribution in [0.4, 0.5) is 10.8 Å². The van der Waals surface area contributed by atoms with Gasteiger partial charge >= 0.3 is 11.8 Å². The van der Waals surface area contributed by atoms with Crippen molar-refractivity contribution in [3.8, 4) is 10.6 Å². The summed E-state index contributed by atoms with van der Waals surface area (Å²) >= 11 is 1.11. The molecule has 2 N–H and O–H groups in total. The third-order valence-electron chi connectivity index (χ3n) is 3.38. The van der Waals surface area contributed by atoms with E-state index in [0.717, 1.165) is 23.1 Å². The minimum absolute atomic E-state index is 0.154. The largest absolute Gasteiger partial charge is 0.329 e. The van der Waals surface area contributed by atoms with Gasteiger partial charge in [0.2, 0.25) is 5.13 Å². The maximum atomic E-state index is 11.9. The minimum Gasteiger partial charge on any atom is -0.292 e. The summed E-state index contributed by atoms with van der Waals surface area (Å²) in [5, 5.41) is 25.3. The van der Waals surface area contributed by atoms with Gasteiger partial charge in [-0.1, -0.05) is 53.8 Å². The lowest BCUT2D eigenvalue weighted by atomic mass is 10.2. The molecule has 2 amide bonds. The number of nitrogens with one attached hydrogen (secondary N) is 2. The van der Waals surface area contributed by atoms with E-state index in [2.05, 4.69) is 20.6 Å². The van der Waals surface area contributed by atoms with Gasteiger partial charge in [0.1, 0.15) is 5.01 Å². The van der Waals surface area contributed by atoms with Crippen LogP contribution in [0.2, 0.25) is 0 Å². The number of carbonyl (C=O) groups is 2. The Bertz CT molecular complexity index is 1050. The number of para-hydroxylation sites is 1. The zero-order valence-electron chi connectivity index (χ0n) is 14.1. The summed E-state index contributed by atoms with van der Waals surface area (Å²) in [6.07, 6.45) is 1.09. The zero-order chi connectivity index (χ0) is 19.9. The van der Waals surface area contributed by atoms with Crippen molar-refractivity contribution in [1.82, 2.24) is 15.6 Å². The van der Waals surface area contributed by atoms with Crippen molar-refractivity contribution in [3.05, 3.63) is 70.3 Å². The minimum atomic E-state index is -1.05. The van der Waals surface area contributed by atoms with Gasteiger partial charge in [0, 0.05) is 11.6 Å². The summed E-state index contributed by atoms with van der Waals surface area (Å²) in [6.45, 7) is 0. The topological polar surface area (TPSA) is 139 Å². The molecule has 140 valence electrons. The summed E-state index contributed by atoms with van der Waals surface area (Å²) in [6, 6.07) is 15.1. The van der Waals surface area contributed by atoms with Crippen LogP contribution in [0.5, 0.6) is 0 Å². The molecule has 0 unspecified atom stereocenters. The lowest BCUT2D eigenvalue weighted by molar-refractivity contribution is -0.385. The van der Waals surface area contributed by atoms with E-state index in [4.69, 9.17) is 0 Å². The molecule has 0 aliphatic rings. The molecule has 10 nitrogen and oxygen atoms in total. The molecule has 0 aliphatic heterocycles. The van der Waals surface area contributed by atoms with E-state index in [1.165, 1.54) is 18.2 Å². The summed E-state index contributed by atoms with van der Waals surface area (Å²) in [5.74, 6) is -2.04. The summed E-state index contributed by atoms with van der Waals surface area (Å²) in [7, 11) is 0. The van der Waals surface area contributed by atoms with Crippen LogP contribution in [0.25, 0.3) is 10.6 Å². The van der Waals surface area contributed by atoms with Gasteiger partial charge in [0.25, 0.3) is 5.69 Å². The van der Waals surface area contributed by atoms with E-state index in [0.29, 0.717) is 5.01 Å². The Morgan fingerprint density at radius 2 is 1.75 bits per heavy atom. The fraction of sp³-hybridized carbons (Fsp3) is 0. The lowest BCUT2D eigenvalue weighted by Crippen LogP contribution is -2.32. The average Bonchev–Trinajstić information content (AvgIpc) is 3.17. The number of hydrogen-bond donors (Lipinski definition) is 2. The van der Waals surface area contributed by atoms with Gasteiger partial charge in [-0.05, 0) is 6.07 Å². The normalized spacial score (nSPS) is 10.6. The van der Waals surface area contributed by atoms with Crippen molar-refractivity contribution in [2.24, 2.45) is 5.10 Å². The highest BCUT2D eigenvalue weighted by atomic mass is 32.1. The van der Waals surface area contributed by atoms with Crippen molar-refractivity contribution in [3.63, 3.8) is 0 Å². The van der Waals surface area contributed by atoms with Crippen molar-refractivity contribution in [1.29, 1.82) is 0 Å². The maximum Gasteiger partial charge on any atom is 0.329 e. The molecule has 1 aromatic heterocycles. The van der Waals surface area contributed by atoms with E-state index in [-0.39, 0.29) is 16.4 Å². The number of carbonyl (C=O) groups excluding carboxylic acids is 2. The Balaban J connectivity index is 1.59. The predicted molar refractivity (Wildman–Crippen MR) is 103 cm³/mol. The van der Waals surface area contributed by atoms with Crippen LogP contribution in [0.15, 0.2) is 59.7 Å². The fourth-order valence-electron chi connectivity index (χ4n) is 2.10. The molecule has 28 heavy (non-hydrogen) atoms. The number of nitro groups is 1. The van der Waals surface area contributed by atoms with Crippen LogP contribution in [0.1, 0.15) is 5.56 Å². The smallest absolute Gasteiger partial charge is 0.292 e. The van der Waals surface area contributed by atoms with E-state index >= 15 is 0 Å². The van der Waals surface area contributed by atoms with Crippen molar-refractivity contribution >= 4 is 40.2 Å². The number of aromatic nitrogens is 2. The van der Waals surface area contributed by atoms with Crippen LogP contribution in [-0.4, -0.2) is 33.1 Å². The fourth-order valence-corrected chi connectivity index (χ4v) is 2.84. The molecule has 0 spiro atoms. The van der Waals surface area contributed by atoms with Gasteiger partial charge in [0.15, 0.2) is 0 Å². The number of amides is 2. The summed E-state index contributed by atoms with van der Waals surface area (Å²) in [5.41, 5.74) is 2.85. The van der Waals surface area contributed by atoms with Gasteiger partial charge in [-0.3, -0.25) is 25.0 Å². The number of rotatable bonds is 5. The van der Waals surface area contributed by atoms with Gasteiger partial charge in [0.05, 0.1) is 16.7 Å². The molecule has 3 rings (SSSR count). The van der Waals surface area contributed by atoms with E-state index in [9.17, 15) is 19.7 Å². The number of anilines is 1. The first-order valence-corrected chi connectivity index (χ1v) is 8.63. The second-order valence-corrected chi connectivity index (χ2v) is 6.23. The first-order chi connectivity index (χ1) is 13.5. The molecule has 0 saturated carbocycles. The number of hydrogen-bond acceptors (Lipinski definition) is 8. The van der Waals surface area contributed by atoms with Crippen LogP contribution in [-0.2, 0) is 9.59 Å². The highest BCUT2D eigenvalue weighted by molar-refractivity contribution is 7.18. The molecule has 0 radical (unpaired) electrons. The van der Waals surface area contributed by atoms with Crippen LogP contribution < -0.4 is 10.7 Å². The quantitative estimate of drug-likeness (QED) is 0.293. The lowest BCUT2D eigenvalue weighted by Gasteiger charge is -1.99. The Morgan fingerprint density at radius 1 is 1.04 bits per heavy atom. The van der Waals surface area contributed by atoms with Gasteiger partial charge in [-0.25, -0.2) is 5.43 Å². The maximum absolute atomic E-state index is 11.9. The molecule has 0 aliphatic carbocycles. The average molecular weight is 396 g/mol. The number of nitrogens with zero attached hydrogens (tertiary/aromatic N) is 4. The monoisotopic (exact) mass is 396 g/mol. The van der Waals surface area contributed by atoms with Crippen LogP contribution in [0, 0.1) is 10.1 Å².